The van der Waals surface area contributed by atoms with Crippen LogP contribution in [0.5, 0.6) is 5.75 Å². The fourth-order valence-electron chi connectivity index (χ4n) is 1.30. The Hall–Kier alpha value is -1.10. The molecule has 0 heterocycles. The summed E-state index contributed by atoms with van der Waals surface area (Å²) in [5.41, 5.74) is -0.556. The van der Waals surface area contributed by atoms with E-state index < -0.39 is 23.3 Å². The lowest BCUT2D eigenvalue weighted by Crippen LogP contribution is -2.39. The molecule has 5 heteroatoms. The minimum absolute atomic E-state index is 0.314. The van der Waals surface area contributed by atoms with Crippen LogP contribution in [0.1, 0.15) is 20.8 Å². The second kappa shape index (κ2) is 5.04. The lowest BCUT2D eigenvalue weighted by atomic mass is 9.89. The summed E-state index contributed by atoms with van der Waals surface area (Å²) in [5, 5.41) is 9.10. The number of benzene rings is 1. The van der Waals surface area contributed by atoms with Crippen LogP contribution in [0.15, 0.2) is 22.7 Å². The zero-order chi connectivity index (χ0) is 13.2. The number of hydrogen-bond donors (Lipinski definition) is 1. The van der Waals surface area contributed by atoms with E-state index in [1.165, 1.54) is 18.2 Å². The molecular weight excluding hydrogens is 291 g/mol. The lowest BCUT2D eigenvalue weighted by Gasteiger charge is -2.27. The molecule has 0 bridgehead atoms. The first-order valence-electron chi connectivity index (χ1n) is 5.06. The average molecular weight is 305 g/mol. The molecule has 0 amide bonds. The molecular formula is C12H14BrFO3. The van der Waals surface area contributed by atoms with Gasteiger partial charge in [-0.25, -0.2) is 9.18 Å². The summed E-state index contributed by atoms with van der Waals surface area (Å²) in [6, 6.07) is 3.86. The molecule has 0 saturated heterocycles. The van der Waals surface area contributed by atoms with Crippen molar-refractivity contribution in [3.05, 3.63) is 28.5 Å². The van der Waals surface area contributed by atoms with Crippen molar-refractivity contribution in [2.75, 3.05) is 0 Å². The second-order valence-corrected chi connectivity index (χ2v) is 5.63. The van der Waals surface area contributed by atoms with Crippen molar-refractivity contribution in [1.82, 2.24) is 0 Å². The molecule has 0 radical (unpaired) electrons. The van der Waals surface area contributed by atoms with E-state index in [9.17, 15) is 9.18 Å². The van der Waals surface area contributed by atoms with Crippen molar-refractivity contribution in [3.8, 4) is 5.75 Å². The van der Waals surface area contributed by atoms with Crippen molar-refractivity contribution in [2.45, 2.75) is 26.9 Å². The Balaban J connectivity index is 2.98. The third kappa shape index (κ3) is 3.70. The molecule has 94 valence electrons. The molecule has 1 aromatic carbocycles. The van der Waals surface area contributed by atoms with E-state index in [-0.39, 0.29) is 0 Å². The van der Waals surface area contributed by atoms with Crippen LogP contribution in [0, 0.1) is 11.2 Å². The van der Waals surface area contributed by atoms with Crippen molar-refractivity contribution in [3.63, 3.8) is 0 Å². The molecule has 3 nitrogen and oxygen atoms in total. The first-order chi connectivity index (χ1) is 7.71. The third-order valence-corrected chi connectivity index (χ3v) is 2.77. The van der Waals surface area contributed by atoms with Gasteiger partial charge in [0.1, 0.15) is 11.6 Å². The molecule has 1 N–H and O–H groups in total. The smallest absolute Gasteiger partial charge is 0.345 e. The summed E-state index contributed by atoms with van der Waals surface area (Å²) < 4.78 is 18.7. The summed E-state index contributed by atoms with van der Waals surface area (Å²) in [6.45, 7) is 5.30. The molecule has 17 heavy (non-hydrogen) atoms. The SMILES string of the molecule is CC(C)(C)C(Oc1ccc(F)cc1Br)C(=O)O. The molecule has 0 spiro atoms. The number of ether oxygens (including phenoxy) is 1. The van der Waals surface area contributed by atoms with Crippen LogP contribution in [-0.2, 0) is 4.79 Å². The number of aliphatic carboxylic acids is 1. The average Bonchev–Trinajstić information content (AvgIpc) is 2.13. The van der Waals surface area contributed by atoms with Crippen molar-refractivity contribution >= 4 is 21.9 Å². The van der Waals surface area contributed by atoms with Gasteiger partial charge in [0.2, 0.25) is 0 Å². The second-order valence-electron chi connectivity index (χ2n) is 4.78. The van der Waals surface area contributed by atoms with Gasteiger partial charge in [-0.1, -0.05) is 20.8 Å². The van der Waals surface area contributed by atoms with Crippen LogP contribution in [0.3, 0.4) is 0 Å². The van der Waals surface area contributed by atoms with Crippen molar-refractivity contribution in [1.29, 1.82) is 0 Å². The number of carboxylic acids is 1. The molecule has 1 unspecified atom stereocenters. The minimum atomic E-state index is -1.05. The Bertz CT molecular complexity index is 426. The van der Waals surface area contributed by atoms with Gasteiger partial charge in [-0.2, -0.15) is 0 Å². The normalized spacial score (nSPS) is 13.2. The molecule has 0 saturated carbocycles. The highest BCUT2D eigenvalue weighted by atomic mass is 79.9. The van der Waals surface area contributed by atoms with E-state index in [2.05, 4.69) is 15.9 Å². The number of carboxylic acid groups (broad SMARTS) is 1. The summed E-state index contributed by atoms with van der Waals surface area (Å²) in [5.74, 6) is -1.14. The van der Waals surface area contributed by atoms with Crippen LogP contribution in [0.4, 0.5) is 4.39 Å². The monoisotopic (exact) mass is 304 g/mol. The summed E-state index contributed by atoms with van der Waals surface area (Å²) in [4.78, 5) is 11.1. The highest BCUT2D eigenvalue weighted by molar-refractivity contribution is 9.10. The van der Waals surface area contributed by atoms with E-state index in [0.29, 0.717) is 10.2 Å². The lowest BCUT2D eigenvalue weighted by molar-refractivity contribution is -0.150. The number of halogens is 2. The molecule has 1 atom stereocenters. The van der Waals surface area contributed by atoms with Crippen LogP contribution < -0.4 is 4.74 Å². The summed E-state index contributed by atoms with van der Waals surface area (Å²) >= 11 is 3.13. The predicted octanol–water partition coefficient (Wildman–Crippen LogP) is 3.47. The highest BCUT2D eigenvalue weighted by Crippen LogP contribution is 2.30. The molecule has 0 aliphatic heterocycles. The summed E-state index contributed by atoms with van der Waals surface area (Å²) in [6.07, 6.45) is -0.996. The Labute approximate surface area is 108 Å². The first kappa shape index (κ1) is 14.0. The molecule has 1 aromatic rings. The largest absolute Gasteiger partial charge is 0.478 e. The van der Waals surface area contributed by atoms with Gasteiger partial charge < -0.3 is 9.84 Å². The molecule has 0 aliphatic rings. The van der Waals surface area contributed by atoms with Crippen molar-refractivity contribution in [2.24, 2.45) is 5.41 Å². The maximum absolute atomic E-state index is 12.9. The molecule has 0 aliphatic carbocycles. The van der Waals surface area contributed by atoms with Crippen LogP contribution in [0.25, 0.3) is 0 Å². The zero-order valence-electron chi connectivity index (χ0n) is 9.83. The standard InChI is InChI=1S/C12H14BrFO3/c1-12(2,3)10(11(15)16)17-9-5-4-7(14)6-8(9)13/h4-6,10H,1-3H3,(H,15,16). The molecule has 0 aromatic heterocycles. The number of rotatable bonds is 3. The van der Waals surface area contributed by atoms with Gasteiger partial charge >= 0.3 is 5.97 Å². The topological polar surface area (TPSA) is 46.5 Å². The van der Waals surface area contributed by atoms with Gasteiger partial charge in [0.25, 0.3) is 0 Å². The highest BCUT2D eigenvalue weighted by Gasteiger charge is 2.33. The number of hydrogen-bond acceptors (Lipinski definition) is 2. The molecule has 1 rings (SSSR count). The van der Waals surface area contributed by atoms with Crippen LogP contribution >= 0.6 is 15.9 Å². The minimum Gasteiger partial charge on any atom is -0.478 e. The maximum atomic E-state index is 12.9. The van der Waals surface area contributed by atoms with Gasteiger partial charge in [0.15, 0.2) is 6.10 Å². The van der Waals surface area contributed by atoms with Crippen LogP contribution in [0.2, 0.25) is 0 Å². The van der Waals surface area contributed by atoms with Gasteiger partial charge in [0.05, 0.1) is 4.47 Å². The fourth-order valence-corrected chi connectivity index (χ4v) is 1.74. The third-order valence-electron chi connectivity index (χ3n) is 2.15. The molecule has 0 fully saturated rings. The van der Waals surface area contributed by atoms with Crippen molar-refractivity contribution < 1.29 is 19.0 Å². The predicted molar refractivity (Wildman–Crippen MR) is 65.6 cm³/mol. The van der Waals surface area contributed by atoms with Gasteiger partial charge in [-0.3, -0.25) is 0 Å². The van der Waals surface area contributed by atoms with Gasteiger partial charge in [-0.05, 0) is 34.1 Å². The Morgan fingerprint density at radius 3 is 2.47 bits per heavy atom. The van der Waals surface area contributed by atoms with Crippen LogP contribution in [-0.4, -0.2) is 17.2 Å². The van der Waals surface area contributed by atoms with E-state index >= 15 is 0 Å². The Kier molecular flexibility index (Phi) is 4.14. The Morgan fingerprint density at radius 2 is 2.06 bits per heavy atom. The van der Waals surface area contributed by atoms with Gasteiger partial charge in [-0.15, -0.1) is 0 Å². The maximum Gasteiger partial charge on any atom is 0.345 e. The Morgan fingerprint density at radius 1 is 1.47 bits per heavy atom. The fraction of sp³-hybridized carbons (Fsp3) is 0.417. The van der Waals surface area contributed by atoms with E-state index in [0.717, 1.165) is 0 Å². The summed E-state index contributed by atoms with van der Waals surface area (Å²) in [7, 11) is 0. The van der Waals surface area contributed by atoms with Gasteiger partial charge in [0, 0.05) is 5.41 Å². The first-order valence-corrected chi connectivity index (χ1v) is 5.85. The van der Waals surface area contributed by atoms with E-state index in [1.54, 1.807) is 20.8 Å². The van der Waals surface area contributed by atoms with E-state index in [1.807, 2.05) is 0 Å². The zero-order valence-corrected chi connectivity index (χ0v) is 11.4. The number of carbonyl (C=O) groups is 1. The van der Waals surface area contributed by atoms with E-state index in [4.69, 9.17) is 9.84 Å². The quantitative estimate of drug-likeness (QED) is 0.930.